The Morgan fingerprint density at radius 2 is 1.03 bits per heavy atom. The molecule has 0 heterocycles. The van der Waals surface area contributed by atoms with E-state index in [4.69, 9.17) is 28.4 Å². The van der Waals surface area contributed by atoms with Crippen LogP contribution >= 0.6 is 0 Å². The Morgan fingerprint density at radius 1 is 0.579 bits per heavy atom. The predicted molar refractivity (Wildman–Crippen MR) is 144 cm³/mol. The van der Waals surface area contributed by atoms with Crippen molar-refractivity contribution in [1.29, 1.82) is 0 Å². The Kier molecular flexibility index (Phi) is 9.77. The van der Waals surface area contributed by atoms with E-state index in [0.29, 0.717) is 49.1 Å². The topological polar surface area (TPSA) is 89.5 Å². The summed E-state index contributed by atoms with van der Waals surface area (Å²) in [6.07, 6.45) is 1.63. The van der Waals surface area contributed by atoms with Crippen molar-refractivity contribution in [3.63, 3.8) is 0 Å². The maximum absolute atomic E-state index is 11.5. The molecule has 0 radical (unpaired) electrons. The largest absolute Gasteiger partial charge is 0.467 e. The molecule has 0 unspecified atom stereocenters. The summed E-state index contributed by atoms with van der Waals surface area (Å²) in [5.41, 5.74) is 2.67. The molecule has 198 valence electrons. The van der Waals surface area contributed by atoms with E-state index in [1.165, 1.54) is 0 Å². The number of hydrogen-bond acceptors (Lipinski definition) is 8. The van der Waals surface area contributed by atoms with Gasteiger partial charge in [-0.25, -0.2) is 0 Å². The number of benzene rings is 4. The fraction of sp³-hybridized carbons (Fsp3) is 0.267. The van der Waals surface area contributed by atoms with Crippen LogP contribution < -0.4 is 9.47 Å². The molecular formula is C30H30O8. The third-order valence-electron chi connectivity index (χ3n) is 5.99. The number of rotatable bonds is 15. The van der Waals surface area contributed by atoms with Gasteiger partial charge >= 0.3 is 0 Å². The molecule has 0 aliphatic heterocycles. The Morgan fingerprint density at radius 3 is 1.42 bits per heavy atom. The Bertz CT molecular complexity index is 1290. The third-order valence-corrected chi connectivity index (χ3v) is 5.99. The quantitative estimate of drug-likeness (QED) is 0.119. The third kappa shape index (κ3) is 6.35. The highest BCUT2D eigenvalue weighted by molar-refractivity contribution is 6.10. The summed E-state index contributed by atoms with van der Waals surface area (Å²) >= 11 is 0. The summed E-state index contributed by atoms with van der Waals surface area (Å²) in [5, 5.41) is 3.45. The summed E-state index contributed by atoms with van der Waals surface area (Å²) in [4.78, 5) is 22.9. The summed E-state index contributed by atoms with van der Waals surface area (Å²) in [6, 6.07) is 18.5. The van der Waals surface area contributed by atoms with Gasteiger partial charge in [-0.2, -0.15) is 0 Å². The van der Waals surface area contributed by atoms with Crippen molar-refractivity contribution in [3.8, 4) is 22.6 Å². The van der Waals surface area contributed by atoms with Gasteiger partial charge in [-0.05, 0) is 45.8 Å². The first-order valence-corrected chi connectivity index (χ1v) is 12.1. The zero-order chi connectivity index (χ0) is 26.7. The molecule has 8 heteroatoms. The van der Waals surface area contributed by atoms with Crippen LogP contribution in [0.1, 0.15) is 20.7 Å². The second kappa shape index (κ2) is 13.6. The van der Waals surface area contributed by atoms with Crippen molar-refractivity contribution in [2.45, 2.75) is 0 Å². The molecule has 0 bridgehead atoms. The fourth-order valence-electron chi connectivity index (χ4n) is 4.17. The lowest BCUT2D eigenvalue weighted by Gasteiger charge is -2.20. The minimum atomic E-state index is 0.0185. The van der Waals surface area contributed by atoms with Crippen molar-refractivity contribution < 1.29 is 38.0 Å². The SMILES string of the molecule is COCCOCOc1ccc2cc(C=O)ccc2c1-c1c(OCOCCOC)ccc2cc(C=O)ccc12. The number of carbonyl (C=O) groups excluding carboxylic acids is 2. The van der Waals surface area contributed by atoms with Gasteiger partial charge in [-0.1, -0.05) is 36.4 Å². The van der Waals surface area contributed by atoms with Gasteiger partial charge in [0.05, 0.1) is 26.4 Å². The van der Waals surface area contributed by atoms with Crippen molar-refractivity contribution in [3.05, 3.63) is 71.8 Å². The van der Waals surface area contributed by atoms with Crippen LogP contribution in [0.15, 0.2) is 60.7 Å². The van der Waals surface area contributed by atoms with Gasteiger partial charge < -0.3 is 28.4 Å². The summed E-state index contributed by atoms with van der Waals surface area (Å²) in [7, 11) is 3.21. The molecule has 0 fully saturated rings. The molecule has 0 saturated heterocycles. The molecular weight excluding hydrogens is 488 g/mol. The minimum absolute atomic E-state index is 0.0185. The average molecular weight is 519 g/mol. The monoisotopic (exact) mass is 518 g/mol. The standard InChI is InChI=1S/C30H30O8/c1-33-11-13-35-19-37-27-9-5-23-15-21(17-31)3-7-25(23)29(27)30-26-8-4-22(18-32)16-24(26)6-10-28(30)38-20-36-14-12-34-2/h3-10,15-18H,11-14,19-20H2,1-2H3. The van der Waals surface area contributed by atoms with Crippen LogP contribution in [0.3, 0.4) is 0 Å². The molecule has 4 aromatic rings. The molecule has 0 saturated carbocycles. The predicted octanol–water partition coefficient (Wildman–Crippen LogP) is 5.28. The molecule has 0 aliphatic carbocycles. The molecule has 0 atom stereocenters. The number of aldehydes is 2. The number of hydrogen-bond donors (Lipinski definition) is 0. The maximum atomic E-state index is 11.5. The maximum Gasteiger partial charge on any atom is 0.189 e. The van der Waals surface area contributed by atoms with Crippen LogP contribution in [0.2, 0.25) is 0 Å². The molecule has 38 heavy (non-hydrogen) atoms. The van der Waals surface area contributed by atoms with E-state index in [1.54, 1.807) is 26.4 Å². The molecule has 0 amide bonds. The van der Waals surface area contributed by atoms with Crippen LogP contribution in [0.25, 0.3) is 32.7 Å². The van der Waals surface area contributed by atoms with Crippen molar-refractivity contribution in [1.82, 2.24) is 0 Å². The number of ether oxygens (including phenoxy) is 6. The van der Waals surface area contributed by atoms with E-state index in [1.807, 2.05) is 48.5 Å². The Balaban J connectivity index is 1.88. The number of carbonyl (C=O) groups is 2. The second-order valence-electron chi connectivity index (χ2n) is 8.40. The van der Waals surface area contributed by atoms with Crippen molar-refractivity contribution >= 4 is 34.1 Å². The highest BCUT2D eigenvalue weighted by Gasteiger charge is 2.20. The molecule has 0 aromatic heterocycles. The van der Waals surface area contributed by atoms with Gasteiger partial charge in [0.1, 0.15) is 24.1 Å². The van der Waals surface area contributed by atoms with Crippen LogP contribution in [-0.4, -0.2) is 66.8 Å². The lowest BCUT2D eigenvalue weighted by Crippen LogP contribution is -2.09. The van der Waals surface area contributed by atoms with Gasteiger partial charge in [0, 0.05) is 36.5 Å². The minimum Gasteiger partial charge on any atom is -0.467 e. The van der Waals surface area contributed by atoms with Crippen LogP contribution in [0, 0.1) is 0 Å². The first-order valence-electron chi connectivity index (χ1n) is 12.1. The first-order chi connectivity index (χ1) is 18.7. The molecule has 0 N–H and O–H groups in total. The molecule has 8 nitrogen and oxygen atoms in total. The molecule has 4 rings (SSSR count). The first kappa shape index (κ1) is 27.2. The Labute approximate surface area is 221 Å². The van der Waals surface area contributed by atoms with Gasteiger partial charge in [0.2, 0.25) is 0 Å². The van der Waals surface area contributed by atoms with E-state index < -0.39 is 0 Å². The molecule has 4 aromatic carbocycles. The lowest BCUT2D eigenvalue weighted by molar-refractivity contribution is -0.00904. The van der Waals surface area contributed by atoms with E-state index in [-0.39, 0.29) is 13.6 Å². The lowest BCUT2D eigenvalue weighted by atomic mass is 9.91. The van der Waals surface area contributed by atoms with E-state index >= 15 is 0 Å². The van der Waals surface area contributed by atoms with Gasteiger partial charge in [-0.15, -0.1) is 0 Å². The second-order valence-corrected chi connectivity index (χ2v) is 8.40. The van der Waals surface area contributed by atoms with Gasteiger partial charge in [-0.3, -0.25) is 9.59 Å². The van der Waals surface area contributed by atoms with Crippen LogP contribution in [0.4, 0.5) is 0 Å². The highest BCUT2D eigenvalue weighted by Crippen LogP contribution is 2.45. The van der Waals surface area contributed by atoms with Crippen LogP contribution in [0.5, 0.6) is 11.5 Å². The van der Waals surface area contributed by atoms with E-state index in [2.05, 4.69) is 0 Å². The zero-order valence-electron chi connectivity index (χ0n) is 21.4. The fourth-order valence-corrected chi connectivity index (χ4v) is 4.17. The van der Waals surface area contributed by atoms with Gasteiger partial charge in [0.15, 0.2) is 13.6 Å². The number of fused-ring (bicyclic) bond motifs is 2. The van der Waals surface area contributed by atoms with Crippen LogP contribution in [-0.2, 0) is 18.9 Å². The van der Waals surface area contributed by atoms with Crippen molar-refractivity contribution in [2.24, 2.45) is 0 Å². The normalized spacial score (nSPS) is 11.1. The zero-order valence-corrected chi connectivity index (χ0v) is 21.4. The number of methoxy groups -OCH3 is 2. The summed E-state index contributed by atoms with van der Waals surface area (Å²) in [5.74, 6) is 1.15. The van der Waals surface area contributed by atoms with E-state index in [0.717, 1.165) is 45.2 Å². The average Bonchev–Trinajstić information content (AvgIpc) is 2.96. The molecule has 0 spiro atoms. The Hall–Kier alpha value is -3.82. The van der Waals surface area contributed by atoms with E-state index in [9.17, 15) is 9.59 Å². The summed E-state index contributed by atoms with van der Waals surface area (Å²) in [6.45, 7) is 1.71. The summed E-state index contributed by atoms with van der Waals surface area (Å²) < 4.78 is 33.4. The highest BCUT2D eigenvalue weighted by atomic mass is 16.7. The smallest absolute Gasteiger partial charge is 0.189 e. The molecule has 0 aliphatic rings. The van der Waals surface area contributed by atoms with Crippen molar-refractivity contribution in [2.75, 3.05) is 54.2 Å². The van der Waals surface area contributed by atoms with Gasteiger partial charge in [0.25, 0.3) is 0 Å².